The minimum atomic E-state index is -1.03. The van der Waals surface area contributed by atoms with Crippen molar-refractivity contribution in [1.29, 1.82) is 0 Å². The second-order valence-corrected chi connectivity index (χ2v) is 10.5. The van der Waals surface area contributed by atoms with E-state index >= 15 is 0 Å². The van der Waals surface area contributed by atoms with Crippen LogP contribution in [-0.4, -0.2) is 76.0 Å². The summed E-state index contributed by atoms with van der Waals surface area (Å²) >= 11 is 0. The van der Waals surface area contributed by atoms with Crippen molar-refractivity contribution in [3.05, 3.63) is 71.8 Å². The zero-order valence-electron chi connectivity index (χ0n) is 21.3. The molecule has 2 aromatic rings. The number of aliphatic hydroxyl groups is 1. The minimum absolute atomic E-state index is 0.0260. The molecule has 1 atom stereocenters. The summed E-state index contributed by atoms with van der Waals surface area (Å²) in [7, 11) is 0. The van der Waals surface area contributed by atoms with E-state index in [4.69, 9.17) is 0 Å². The lowest BCUT2D eigenvalue weighted by Crippen LogP contribution is -2.59. The number of likely N-dealkylation sites (tertiary alicyclic amines) is 1. The molecular weight excluding hydrogens is 438 g/mol. The number of hydrogen-bond donors (Lipinski definition) is 1. The minimum Gasteiger partial charge on any atom is -0.389 e. The van der Waals surface area contributed by atoms with E-state index in [0.717, 1.165) is 13.1 Å². The number of benzene rings is 2. The lowest BCUT2D eigenvalue weighted by Gasteiger charge is -2.47. The molecule has 1 unspecified atom stereocenters. The topological polar surface area (TPSA) is 64.1 Å². The fourth-order valence-corrected chi connectivity index (χ4v) is 5.63. The molecule has 2 aliphatic rings. The van der Waals surface area contributed by atoms with Crippen LogP contribution >= 0.6 is 0 Å². The fourth-order valence-electron chi connectivity index (χ4n) is 5.63. The number of nitrogens with zero attached hydrogens (tertiary/aromatic N) is 3. The molecule has 2 fully saturated rings. The molecular formula is C29H39N3O3. The largest absolute Gasteiger partial charge is 0.389 e. The van der Waals surface area contributed by atoms with Crippen LogP contribution in [0.4, 0.5) is 0 Å². The summed E-state index contributed by atoms with van der Waals surface area (Å²) in [4.78, 5) is 31.4. The van der Waals surface area contributed by atoms with Crippen molar-refractivity contribution < 1.29 is 14.7 Å². The molecule has 1 N–H and O–H groups in total. The van der Waals surface area contributed by atoms with Crippen LogP contribution < -0.4 is 0 Å². The van der Waals surface area contributed by atoms with Gasteiger partial charge in [-0.1, -0.05) is 74.5 Å². The van der Waals surface area contributed by atoms with E-state index in [9.17, 15) is 14.7 Å². The molecule has 6 heteroatoms. The summed E-state index contributed by atoms with van der Waals surface area (Å²) in [5.41, 5.74) is 1.48. The summed E-state index contributed by atoms with van der Waals surface area (Å²) in [6.45, 7) is 9.14. The standard InChI is InChI=1S/C29H39N3O3/c1-22(2)26-21-31(28(24-10-6-4-7-11-24)25-12-8-5-9-13-25)18-19-32(26)27(34)20-29(35)14-16-30(17-15-29)23(3)33/h4-13,22,26,28,35H,14-21H2,1-3H3. The molecule has 2 aromatic carbocycles. The van der Waals surface area contributed by atoms with Crippen LogP contribution in [-0.2, 0) is 9.59 Å². The quantitative estimate of drug-likeness (QED) is 0.689. The van der Waals surface area contributed by atoms with Gasteiger partial charge in [-0.2, -0.15) is 0 Å². The van der Waals surface area contributed by atoms with Crippen molar-refractivity contribution in [2.75, 3.05) is 32.7 Å². The van der Waals surface area contributed by atoms with Crippen molar-refractivity contribution in [3.8, 4) is 0 Å². The Morgan fingerprint density at radius 2 is 1.46 bits per heavy atom. The SMILES string of the molecule is CC(=O)N1CCC(O)(CC(=O)N2CCN(C(c3ccccc3)c3ccccc3)CC2C(C)C)CC1. The van der Waals surface area contributed by atoms with E-state index in [1.54, 1.807) is 11.8 Å². The maximum absolute atomic E-state index is 13.5. The van der Waals surface area contributed by atoms with Crippen molar-refractivity contribution in [1.82, 2.24) is 14.7 Å². The number of piperidine rings is 1. The zero-order chi connectivity index (χ0) is 25.0. The first-order chi connectivity index (χ1) is 16.8. The molecule has 35 heavy (non-hydrogen) atoms. The van der Waals surface area contributed by atoms with Gasteiger partial charge in [0.25, 0.3) is 0 Å². The van der Waals surface area contributed by atoms with Crippen LogP contribution in [0, 0.1) is 5.92 Å². The molecule has 188 valence electrons. The first-order valence-electron chi connectivity index (χ1n) is 12.9. The maximum Gasteiger partial charge on any atom is 0.225 e. The summed E-state index contributed by atoms with van der Waals surface area (Å²) in [5.74, 6) is 0.349. The number of hydrogen-bond acceptors (Lipinski definition) is 4. The molecule has 6 nitrogen and oxygen atoms in total. The van der Waals surface area contributed by atoms with Crippen LogP contribution in [0.5, 0.6) is 0 Å². The first-order valence-corrected chi connectivity index (χ1v) is 12.9. The molecule has 4 rings (SSSR count). The van der Waals surface area contributed by atoms with Crippen LogP contribution in [0.25, 0.3) is 0 Å². The average Bonchev–Trinajstić information content (AvgIpc) is 2.85. The van der Waals surface area contributed by atoms with Gasteiger partial charge in [0.2, 0.25) is 11.8 Å². The fraction of sp³-hybridized carbons (Fsp3) is 0.517. The normalized spacial score (nSPS) is 20.9. The van der Waals surface area contributed by atoms with E-state index in [0.29, 0.717) is 38.4 Å². The molecule has 0 aliphatic carbocycles. The van der Waals surface area contributed by atoms with Gasteiger partial charge in [0.15, 0.2) is 0 Å². The Bertz CT molecular complexity index is 947. The monoisotopic (exact) mass is 477 g/mol. The van der Waals surface area contributed by atoms with Gasteiger partial charge < -0.3 is 14.9 Å². The second-order valence-electron chi connectivity index (χ2n) is 10.5. The number of carbonyl (C=O) groups is 2. The Hall–Kier alpha value is -2.70. The van der Waals surface area contributed by atoms with Crippen molar-refractivity contribution in [3.63, 3.8) is 0 Å². The molecule has 2 aliphatic heterocycles. The number of rotatable bonds is 6. The summed E-state index contributed by atoms with van der Waals surface area (Å²) < 4.78 is 0. The molecule has 0 spiro atoms. The van der Waals surface area contributed by atoms with Crippen molar-refractivity contribution in [2.24, 2.45) is 5.92 Å². The van der Waals surface area contributed by atoms with E-state index in [1.165, 1.54) is 11.1 Å². The van der Waals surface area contributed by atoms with Crippen molar-refractivity contribution >= 4 is 11.8 Å². The third kappa shape index (κ3) is 5.93. The van der Waals surface area contributed by atoms with E-state index in [-0.39, 0.29) is 30.3 Å². The summed E-state index contributed by atoms with van der Waals surface area (Å²) in [5, 5.41) is 11.1. The highest BCUT2D eigenvalue weighted by molar-refractivity contribution is 5.78. The van der Waals surface area contributed by atoms with Crippen molar-refractivity contribution in [2.45, 2.75) is 57.7 Å². The van der Waals surface area contributed by atoms with Gasteiger partial charge in [-0.05, 0) is 29.9 Å². The smallest absolute Gasteiger partial charge is 0.225 e. The zero-order valence-corrected chi connectivity index (χ0v) is 21.3. The second kappa shape index (κ2) is 10.9. The lowest BCUT2D eigenvalue weighted by molar-refractivity contribution is -0.146. The van der Waals surface area contributed by atoms with E-state index < -0.39 is 5.60 Å². The van der Waals surface area contributed by atoms with E-state index in [2.05, 4.69) is 67.3 Å². The molecule has 2 saturated heterocycles. The van der Waals surface area contributed by atoms with Gasteiger partial charge in [0.1, 0.15) is 0 Å². The predicted octanol–water partition coefficient (Wildman–Crippen LogP) is 3.71. The number of carbonyl (C=O) groups excluding carboxylic acids is 2. The Labute approximate surface area is 209 Å². The molecule has 0 radical (unpaired) electrons. The number of piperazine rings is 1. The van der Waals surface area contributed by atoms with Gasteiger partial charge in [-0.25, -0.2) is 0 Å². The molecule has 0 aromatic heterocycles. The van der Waals surface area contributed by atoms with Gasteiger partial charge in [0.05, 0.1) is 18.1 Å². The van der Waals surface area contributed by atoms with Gasteiger partial charge in [-0.3, -0.25) is 14.5 Å². The predicted molar refractivity (Wildman–Crippen MR) is 138 cm³/mol. The lowest BCUT2D eigenvalue weighted by atomic mass is 9.86. The third-order valence-corrected chi connectivity index (χ3v) is 7.76. The van der Waals surface area contributed by atoms with Crippen LogP contribution in [0.1, 0.15) is 57.2 Å². The maximum atomic E-state index is 13.5. The summed E-state index contributed by atoms with van der Waals surface area (Å²) in [6.07, 6.45) is 1.03. The molecule has 2 amide bonds. The van der Waals surface area contributed by atoms with E-state index in [1.807, 2.05) is 17.0 Å². The highest BCUT2D eigenvalue weighted by Crippen LogP contribution is 2.33. The molecule has 0 bridgehead atoms. The van der Waals surface area contributed by atoms with Gasteiger partial charge >= 0.3 is 0 Å². The van der Waals surface area contributed by atoms with Crippen LogP contribution in [0.15, 0.2) is 60.7 Å². The Kier molecular flexibility index (Phi) is 7.92. The van der Waals surface area contributed by atoms with Gasteiger partial charge in [0, 0.05) is 45.7 Å². The first kappa shape index (κ1) is 25.4. The van der Waals surface area contributed by atoms with Gasteiger partial charge in [-0.15, -0.1) is 0 Å². The third-order valence-electron chi connectivity index (χ3n) is 7.76. The molecule has 2 heterocycles. The number of amides is 2. The Morgan fingerprint density at radius 1 is 0.914 bits per heavy atom. The highest BCUT2D eigenvalue weighted by atomic mass is 16.3. The Balaban J connectivity index is 1.49. The average molecular weight is 478 g/mol. The van der Waals surface area contributed by atoms with Crippen LogP contribution in [0.3, 0.4) is 0 Å². The van der Waals surface area contributed by atoms with Crippen LogP contribution in [0.2, 0.25) is 0 Å². The Morgan fingerprint density at radius 3 is 1.94 bits per heavy atom. The summed E-state index contributed by atoms with van der Waals surface area (Å²) in [6, 6.07) is 21.4. The molecule has 0 saturated carbocycles. The highest BCUT2D eigenvalue weighted by Gasteiger charge is 2.40.